The van der Waals surface area contributed by atoms with E-state index < -0.39 is 21.9 Å². The Bertz CT molecular complexity index is 1760. The first-order valence-electron chi connectivity index (χ1n) is 16.0. The van der Waals surface area contributed by atoms with Crippen LogP contribution in [0.1, 0.15) is 60.0 Å². The maximum absolute atomic E-state index is 12.6. The highest BCUT2D eigenvalue weighted by Gasteiger charge is 2.44. The standard InChI is InChI=1S/C35H39BrClN3O6S/c1-45-33(42)24-8-12-32-30(18-24)40(21-35(22-46-32)13-2-5-23-17-27(37)9-11-29(23)35)20-25-7-10-28(25)31(41)19-26(36)6-3-16-47(43,44)34-38-14-4-15-39-34/h4,8-9,11-12,14-15,17-19,25,28,31,41H,2-3,5-7,10,13,16,20-22H2,1H3/b26-19-/t25-,28-,31-,35?/m1/s1. The number of esters is 1. The Balaban J connectivity index is 1.19. The Hall–Kier alpha value is -2.99. The molecule has 12 heteroatoms. The molecule has 6 rings (SSSR count). The van der Waals surface area contributed by atoms with E-state index in [2.05, 4.69) is 42.9 Å². The van der Waals surface area contributed by atoms with Crippen molar-refractivity contribution < 1.29 is 27.8 Å². The van der Waals surface area contributed by atoms with Crippen LogP contribution in [0.4, 0.5) is 5.69 Å². The lowest BCUT2D eigenvalue weighted by molar-refractivity contribution is 0.0455. The van der Waals surface area contributed by atoms with E-state index in [0.717, 1.165) is 53.0 Å². The highest BCUT2D eigenvalue weighted by Crippen LogP contribution is 2.47. The van der Waals surface area contributed by atoms with E-state index in [4.69, 9.17) is 21.1 Å². The molecule has 0 saturated heterocycles. The van der Waals surface area contributed by atoms with Crippen LogP contribution in [0.25, 0.3) is 0 Å². The van der Waals surface area contributed by atoms with Gasteiger partial charge in [-0.1, -0.05) is 33.6 Å². The van der Waals surface area contributed by atoms with Crippen LogP contribution in [-0.4, -0.2) is 68.1 Å². The average Bonchev–Trinajstić information content (AvgIpc) is 3.19. The van der Waals surface area contributed by atoms with Crippen molar-refractivity contribution in [2.75, 3.05) is 37.5 Å². The molecule has 2 aliphatic carbocycles. The van der Waals surface area contributed by atoms with Crippen LogP contribution in [-0.2, 0) is 26.4 Å². The van der Waals surface area contributed by atoms with Crippen molar-refractivity contribution in [2.45, 2.75) is 61.6 Å². The number of carbonyl (C=O) groups is 1. The zero-order valence-electron chi connectivity index (χ0n) is 26.3. The molecule has 250 valence electrons. The number of sulfone groups is 1. The van der Waals surface area contributed by atoms with Gasteiger partial charge in [0.25, 0.3) is 0 Å². The number of halogens is 2. The summed E-state index contributed by atoms with van der Waals surface area (Å²) in [7, 11) is -2.19. The van der Waals surface area contributed by atoms with Gasteiger partial charge in [-0.2, -0.15) is 0 Å². The lowest BCUT2D eigenvalue weighted by Crippen LogP contribution is -2.49. The number of aliphatic hydroxyl groups excluding tert-OH is 1. The van der Waals surface area contributed by atoms with Crippen LogP contribution in [0.5, 0.6) is 5.75 Å². The number of aromatic nitrogens is 2. The summed E-state index contributed by atoms with van der Waals surface area (Å²) in [6, 6.07) is 13.2. The molecule has 1 unspecified atom stereocenters. The lowest BCUT2D eigenvalue weighted by atomic mass is 9.68. The molecule has 2 heterocycles. The smallest absolute Gasteiger partial charge is 0.337 e. The fourth-order valence-corrected chi connectivity index (χ4v) is 9.17. The van der Waals surface area contributed by atoms with E-state index >= 15 is 0 Å². The van der Waals surface area contributed by atoms with Gasteiger partial charge in [-0.3, -0.25) is 0 Å². The summed E-state index contributed by atoms with van der Waals surface area (Å²) in [5.41, 5.74) is 3.58. The normalized spacial score (nSPS) is 23.1. The van der Waals surface area contributed by atoms with Crippen LogP contribution in [0, 0.1) is 11.8 Å². The third-order valence-corrected chi connectivity index (χ3v) is 12.3. The third-order valence-electron chi connectivity index (χ3n) is 9.83. The molecule has 1 saturated carbocycles. The van der Waals surface area contributed by atoms with Crippen molar-refractivity contribution in [1.82, 2.24) is 9.97 Å². The number of carbonyl (C=O) groups excluding carboxylic acids is 1. The van der Waals surface area contributed by atoms with E-state index in [1.165, 1.54) is 30.6 Å². The highest BCUT2D eigenvalue weighted by atomic mass is 79.9. The molecule has 1 aromatic heterocycles. The minimum absolute atomic E-state index is 0.0359. The second-order valence-electron chi connectivity index (χ2n) is 12.8. The van der Waals surface area contributed by atoms with Crippen LogP contribution < -0.4 is 9.64 Å². The third kappa shape index (κ3) is 7.38. The van der Waals surface area contributed by atoms with Crippen molar-refractivity contribution in [3.05, 3.63) is 87.1 Å². The number of hydrogen-bond donors (Lipinski definition) is 1. The Labute approximate surface area is 289 Å². The van der Waals surface area contributed by atoms with E-state index in [1.54, 1.807) is 18.2 Å². The number of benzene rings is 2. The molecule has 1 fully saturated rings. The SMILES string of the molecule is COC(=O)c1ccc2c(c1)N(C[C@H]1CC[C@H]1[C@H](O)/C=C(\Br)CCCS(=O)(=O)c1ncccn1)CC1(CCCc3cc(Cl)ccc31)CO2. The number of allylic oxidation sites excluding steroid dienone is 1. The number of rotatable bonds is 10. The molecule has 47 heavy (non-hydrogen) atoms. The van der Waals surface area contributed by atoms with Gasteiger partial charge in [-0.15, -0.1) is 0 Å². The quantitative estimate of drug-likeness (QED) is 0.188. The zero-order valence-corrected chi connectivity index (χ0v) is 29.4. The Morgan fingerprint density at radius 2 is 2.04 bits per heavy atom. The monoisotopic (exact) mass is 743 g/mol. The molecule has 0 amide bonds. The van der Waals surface area contributed by atoms with E-state index in [0.29, 0.717) is 38.1 Å². The number of methoxy groups -OCH3 is 1. The summed E-state index contributed by atoms with van der Waals surface area (Å²) in [6.45, 7) is 1.91. The Morgan fingerprint density at radius 3 is 2.79 bits per heavy atom. The summed E-state index contributed by atoms with van der Waals surface area (Å²) < 4.78 is 37.5. The second kappa shape index (κ2) is 14.2. The van der Waals surface area contributed by atoms with Crippen LogP contribution in [0.15, 0.2) is 70.6 Å². The molecular weight excluding hydrogens is 706 g/mol. The summed E-state index contributed by atoms with van der Waals surface area (Å²) >= 11 is 9.97. The summed E-state index contributed by atoms with van der Waals surface area (Å²) in [5.74, 6) is 0.485. The van der Waals surface area contributed by atoms with Gasteiger partial charge in [0.1, 0.15) is 5.75 Å². The second-order valence-corrected chi connectivity index (χ2v) is 16.3. The number of aryl methyl sites for hydroxylation is 1. The van der Waals surface area contributed by atoms with E-state index in [1.807, 2.05) is 18.2 Å². The van der Waals surface area contributed by atoms with Gasteiger partial charge in [0.05, 0.1) is 36.8 Å². The Kier molecular flexibility index (Phi) is 10.3. The number of anilines is 1. The summed E-state index contributed by atoms with van der Waals surface area (Å²) in [5, 5.41) is 11.9. The zero-order chi connectivity index (χ0) is 33.2. The number of ether oxygens (including phenoxy) is 2. The first-order chi connectivity index (χ1) is 22.6. The maximum Gasteiger partial charge on any atom is 0.337 e. The highest BCUT2D eigenvalue weighted by molar-refractivity contribution is 9.11. The van der Waals surface area contributed by atoms with Crippen molar-refractivity contribution in [2.24, 2.45) is 11.8 Å². The molecule has 2 aromatic carbocycles. The predicted molar refractivity (Wildman–Crippen MR) is 184 cm³/mol. The number of aliphatic hydroxyl groups is 1. The molecule has 3 aromatic rings. The van der Waals surface area contributed by atoms with Gasteiger partial charge in [0.2, 0.25) is 15.0 Å². The lowest BCUT2D eigenvalue weighted by Gasteiger charge is -2.45. The largest absolute Gasteiger partial charge is 0.490 e. The molecule has 3 aliphatic rings. The molecule has 1 aliphatic heterocycles. The van der Waals surface area contributed by atoms with Crippen LogP contribution in [0.2, 0.25) is 5.02 Å². The number of fused-ring (bicyclic) bond motifs is 3. The molecular formula is C35H39BrClN3O6S. The predicted octanol–water partition coefficient (Wildman–Crippen LogP) is 6.31. The maximum atomic E-state index is 12.6. The van der Waals surface area contributed by atoms with Gasteiger partial charge < -0.3 is 19.5 Å². The average molecular weight is 745 g/mol. The van der Waals surface area contributed by atoms with Crippen molar-refractivity contribution in [1.29, 1.82) is 0 Å². The summed E-state index contributed by atoms with van der Waals surface area (Å²) in [4.78, 5) is 22.6. The van der Waals surface area contributed by atoms with E-state index in [-0.39, 0.29) is 28.2 Å². The molecule has 0 bridgehead atoms. The molecule has 4 atom stereocenters. The van der Waals surface area contributed by atoms with Gasteiger partial charge in [0.15, 0.2) is 0 Å². The molecule has 1 N–H and O–H groups in total. The summed E-state index contributed by atoms with van der Waals surface area (Å²) in [6.07, 6.45) is 9.61. The topological polar surface area (TPSA) is 119 Å². The molecule has 9 nitrogen and oxygen atoms in total. The van der Waals surface area contributed by atoms with Crippen LogP contribution >= 0.6 is 27.5 Å². The van der Waals surface area contributed by atoms with Crippen LogP contribution in [0.3, 0.4) is 0 Å². The van der Waals surface area contributed by atoms with Crippen molar-refractivity contribution in [3.63, 3.8) is 0 Å². The fraction of sp³-hybridized carbons (Fsp3) is 0.457. The first kappa shape index (κ1) is 33.9. The number of nitrogens with zero attached hydrogens (tertiary/aromatic N) is 3. The molecule has 0 radical (unpaired) electrons. The Morgan fingerprint density at radius 1 is 1.23 bits per heavy atom. The first-order valence-corrected chi connectivity index (χ1v) is 18.8. The van der Waals surface area contributed by atoms with E-state index in [9.17, 15) is 18.3 Å². The van der Waals surface area contributed by atoms with Gasteiger partial charge in [0, 0.05) is 35.9 Å². The van der Waals surface area contributed by atoms with Crippen molar-refractivity contribution in [3.8, 4) is 5.75 Å². The van der Waals surface area contributed by atoms with Crippen molar-refractivity contribution >= 4 is 49.0 Å². The fourth-order valence-electron chi connectivity index (χ4n) is 7.27. The number of hydrogen-bond acceptors (Lipinski definition) is 9. The minimum Gasteiger partial charge on any atom is -0.490 e. The van der Waals surface area contributed by atoms with Gasteiger partial charge >= 0.3 is 5.97 Å². The van der Waals surface area contributed by atoms with Gasteiger partial charge in [-0.05, 0) is 115 Å². The molecule has 1 spiro atoms. The minimum atomic E-state index is -3.57. The van der Waals surface area contributed by atoms with Gasteiger partial charge in [-0.25, -0.2) is 23.2 Å².